The van der Waals surface area contributed by atoms with Crippen LogP contribution in [0.25, 0.3) is 33.8 Å². The molecule has 8 bridgehead atoms. The molecule has 8 saturated heterocycles. The number of halogens is 2. The van der Waals surface area contributed by atoms with E-state index in [1.807, 2.05) is 71.6 Å². The molecule has 8 aliphatic heterocycles. The molecule has 15 heterocycles. The van der Waals surface area contributed by atoms with E-state index in [-0.39, 0.29) is 119 Å². The number of piperidine rings is 4. The summed E-state index contributed by atoms with van der Waals surface area (Å²) >= 11 is 5.73. The summed E-state index contributed by atoms with van der Waals surface area (Å²) < 4.78 is 7.78. The molecule has 0 spiro atoms. The number of nitrogen functional groups attached to an aromatic ring is 1. The summed E-state index contributed by atoms with van der Waals surface area (Å²) in [6.07, 6.45) is 44.7. The third-order valence-corrected chi connectivity index (χ3v) is 28.1. The van der Waals surface area contributed by atoms with Gasteiger partial charge in [-0.05, 0) is 227 Å². The molecule has 8 N–H and O–H groups in total. The summed E-state index contributed by atoms with van der Waals surface area (Å²) in [5.41, 5.74) is 21.4. The smallest absolute Gasteiger partial charge is 0.335 e. The standard InChI is InChI=1S/C29H31N7O2.C26H28N6O3.C14H18N4O3.C14H20N4O.C12H9ClN2O2.C2H4N2.3CH4.ClH.H2/c1-18-15-31-29(34-27(18)20-6-4-19(5-7-20)26(37)3-2-12-30)33-22-16-32-35(17-22)25-13-23-10-11-24(14-25)36(23)28(38)21-8-9-21;1-15-12-27-26(30-23(15)16-2-6-18(7-3-16)25(34)35)29-19-13-28-31(14-19)22-10-20-8-9-21(11-22)32(20)24(33)17-4-5-17;19-14(9-1-2-9)17-10-3-4-11(17)6-12(5-10)16-8-13(7-15-16)18(20)21;15-10-7-16-17(8-10)13-5-11-3-4-12(6-13)18(11)14(19)9-1-2-9;1-7-6-14-12(13)15-10(7)8-2-4-9(5-3-8)11(16)17;3-1-2-4;;;;;/h4-7,15-17,21,23-25H,2-3,8-11,13-14H2,1H3,(H,31,33,34);2-3,6-7,12-14,17,20-22H,4-5,8-11H2,1H3,(H,34,35)(H,27,29,30);7-12H,1-6H2;7-9,11-13H,1-6,15H2;2-6H,1H3,(H,16,17);1,3H2;3*1H4;2*1H. The summed E-state index contributed by atoms with van der Waals surface area (Å²) in [7, 11) is 0. The van der Waals surface area contributed by atoms with Gasteiger partial charge in [0, 0.05) is 146 Å². The van der Waals surface area contributed by atoms with Crippen molar-refractivity contribution in [1.82, 2.24) is 88.6 Å². The first-order chi connectivity index (χ1) is 64.8. The lowest BCUT2D eigenvalue weighted by molar-refractivity contribution is -0.385. The fourth-order valence-electron chi connectivity index (χ4n) is 20.7. The second kappa shape index (κ2) is 44.8. The van der Waals surface area contributed by atoms with Crippen molar-refractivity contribution in [1.29, 1.82) is 10.5 Å². The largest absolute Gasteiger partial charge is 0.478 e. The highest BCUT2D eigenvalue weighted by atomic mass is 35.5. The minimum atomic E-state index is -0.955. The van der Waals surface area contributed by atoms with Gasteiger partial charge in [-0.3, -0.25) is 52.8 Å². The van der Waals surface area contributed by atoms with Crippen LogP contribution >= 0.6 is 24.0 Å². The number of carboxylic acid groups (broad SMARTS) is 2. The van der Waals surface area contributed by atoms with Crippen molar-refractivity contribution < 1.29 is 50.1 Å². The average molecular weight is 1920 g/mol. The average Bonchev–Trinajstić information content (AvgIpc) is 1.63. The Hall–Kier alpha value is -13.5. The molecular weight excluding hydrogens is 1800 g/mol. The van der Waals surface area contributed by atoms with Gasteiger partial charge in [0.2, 0.25) is 40.8 Å². The van der Waals surface area contributed by atoms with Crippen LogP contribution in [0, 0.1) is 77.2 Å². The molecule has 730 valence electrons. The molecule has 8 unspecified atom stereocenters. The number of carbonyl (C=O) groups is 7. The van der Waals surface area contributed by atoms with Crippen molar-refractivity contribution >= 4 is 100 Å². The summed E-state index contributed by atoms with van der Waals surface area (Å²) in [4.78, 5) is 130. The number of hydrogen-bond donors (Lipinski definition) is 6. The first kappa shape index (κ1) is 102. The van der Waals surface area contributed by atoms with E-state index in [0.29, 0.717) is 107 Å². The minimum Gasteiger partial charge on any atom is -0.478 e. The number of amides is 4. The molecule has 138 heavy (non-hydrogen) atoms. The molecule has 0 radical (unpaired) electrons. The first-order valence-electron chi connectivity index (χ1n) is 46.6. The number of rotatable bonds is 21. The van der Waals surface area contributed by atoms with Crippen LogP contribution in [-0.2, 0) is 19.2 Å². The van der Waals surface area contributed by atoms with E-state index in [0.717, 1.165) is 216 Å². The maximum atomic E-state index is 12.8. The zero-order valence-electron chi connectivity index (χ0n) is 75.5. The van der Waals surface area contributed by atoms with Crippen molar-refractivity contribution in [3.05, 3.63) is 190 Å². The molecule has 10 aromatic rings. The van der Waals surface area contributed by atoms with Crippen LogP contribution in [-0.4, -0.2) is 200 Å². The first-order valence-corrected chi connectivity index (χ1v) is 47.0. The van der Waals surface area contributed by atoms with Crippen LogP contribution in [0.3, 0.4) is 0 Å². The minimum absolute atomic E-state index is 0. The highest BCUT2D eigenvalue weighted by Gasteiger charge is 2.52. The summed E-state index contributed by atoms with van der Waals surface area (Å²) in [6.45, 7) is 5.88. The highest BCUT2D eigenvalue weighted by molar-refractivity contribution is 6.28. The predicted molar refractivity (Wildman–Crippen MR) is 524 cm³/mol. The topological polar surface area (TPSA) is 488 Å². The van der Waals surface area contributed by atoms with Crippen LogP contribution in [0.2, 0.25) is 5.28 Å². The van der Waals surface area contributed by atoms with E-state index in [9.17, 15) is 43.7 Å². The Morgan fingerprint density at radius 3 is 1.02 bits per heavy atom. The quantitative estimate of drug-likeness (QED) is 0.0128. The maximum Gasteiger partial charge on any atom is 0.335 e. The van der Waals surface area contributed by atoms with Gasteiger partial charge < -0.3 is 51.9 Å². The number of aromatic nitrogens is 14. The number of hydrogen-bond acceptors (Lipinski definition) is 25. The summed E-state index contributed by atoms with van der Waals surface area (Å²) in [6, 6.07) is 28.2. The fraction of sp³-hybridized carbons (Fsp3) is 0.490. The summed E-state index contributed by atoms with van der Waals surface area (Å²) in [5, 5.41) is 69.4. The highest BCUT2D eigenvalue weighted by Crippen LogP contribution is 2.50. The lowest BCUT2D eigenvalue weighted by atomic mass is 9.97. The van der Waals surface area contributed by atoms with Gasteiger partial charge in [0.05, 0.1) is 112 Å². The van der Waals surface area contributed by atoms with Crippen LogP contribution in [0.15, 0.2) is 141 Å². The van der Waals surface area contributed by atoms with Crippen molar-refractivity contribution in [3.8, 4) is 45.9 Å². The number of carboxylic acids is 2. The van der Waals surface area contributed by atoms with Gasteiger partial charge >= 0.3 is 17.6 Å². The zero-order valence-corrected chi connectivity index (χ0v) is 77.1. The third kappa shape index (κ3) is 23.7. The number of carbonyl (C=O) groups excluding carboxylic acids is 5. The monoisotopic (exact) mass is 1920 g/mol. The van der Waals surface area contributed by atoms with E-state index in [1.54, 1.807) is 96.5 Å². The number of nitrogens with one attached hydrogen (secondary N) is 2. The van der Waals surface area contributed by atoms with Gasteiger partial charge in [-0.15, -0.1) is 12.4 Å². The third-order valence-electron chi connectivity index (χ3n) is 27.9. The molecule has 8 atom stereocenters. The number of nitro groups is 1. The van der Waals surface area contributed by atoms with Gasteiger partial charge in [0.1, 0.15) is 12.4 Å². The number of ketones is 1. The maximum absolute atomic E-state index is 12.8. The second-order valence-corrected chi connectivity index (χ2v) is 37.7. The Bertz CT molecular complexity index is 6050. The Balaban J connectivity index is 0.000000158. The number of nitrogens with two attached hydrogens (primary N) is 2. The van der Waals surface area contributed by atoms with E-state index in [4.69, 9.17) is 43.1 Å². The van der Waals surface area contributed by atoms with Gasteiger partial charge in [-0.2, -0.15) is 30.9 Å². The van der Waals surface area contributed by atoms with Crippen molar-refractivity contribution in [2.24, 2.45) is 29.4 Å². The van der Waals surface area contributed by atoms with Gasteiger partial charge in [-0.25, -0.2) is 39.5 Å². The lowest BCUT2D eigenvalue weighted by Crippen LogP contribution is -2.47. The molecule has 3 aromatic carbocycles. The Kier molecular flexibility index (Phi) is 33.1. The molecule has 38 heteroatoms. The van der Waals surface area contributed by atoms with Gasteiger partial charge in [-0.1, -0.05) is 70.8 Å². The number of aromatic carboxylic acids is 2. The van der Waals surface area contributed by atoms with Crippen LogP contribution in [0.1, 0.15) is 263 Å². The van der Waals surface area contributed by atoms with Crippen molar-refractivity contribution in [2.45, 2.75) is 282 Å². The number of Topliss-reactive ketones (excluding diaryl/α,β-unsaturated/α-hetero) is 1. The molecule has 4 amide bonds. The Morgan fingerprint density at radius 2 is 0.732 bits per heavy atom. The molecular formula is C100H125Cl2N25O11. The molecule has 4 aliphatic carbocycles. The molecule has 36 nitrogen and oxygen atoms in total. The van der Waals surface area contributed by atoms with E-state index < -0.39 is 16.9 Å². The van der Waals surface area contributed by atoms with Crippen LogP contribution < -0.4 is 22.1 Å². The van der Waals surface area contributed by atoms with Crippen LogP contribution in [0.5, 0.6) is 0 Å². The zero-order chi connectivity index (χ0) is 93.7. The molecule has 12 fully saturated rings. The lowest BCUT2D eigenvalue weighted by Gasteiger charge is -2.39. The molecule has 7 aromatic heterocycles. The Morgan fingerprint density at radius 1 is 0.435 bits per heavy atom. The van der Waals surface area contributed by atoms with E-state index in [2.05, 4.69) is 81.3 Å². The van der Waals surface area contributed by atoms with Gasteiger partial charge in [0.25, 0.3) is 0 Å². The van der Waals surface area contributed by atoms with Gasteiger partial charge in [0.15, 0.2) is 5.78 Å². The van der Waals surface area contributed by atoms with E-state index in [1.165, 1.54) is 24.5 Å². The molecule has 22 rings (SSSR count). The number of benzene rings is 3. The molecule has 12 aliphatic rings. The SMILES string of the molecule is C.C.C.Cc1cnc(Cl)nc1-c1ccc(C(=O)O)cc1.Cc1cnc(Nc2cnn(C3CC4CCC(C3)N4C(=O)C3CC3)c2)nc1-c1ccc(C(=O)CCC#N)cc1.Cc1cnc(Nc2cnn(C3CC4CCC(C3)N4C(=O)C3CC3)c2)nc1-c1ccc(C(=O)O)cc1.Cl.N#CCN.Nc1cnn(C2CC3CCC(C2)N3C(=O)C2CC2)c1.O=C(C1CC1)N1C2CCC1CC(n1cc([N+](=O)[O-])cn1)C2.[HH]. The Labute approximate surface area is 815 Å². The van der Waals surface area contributed by atoms with Crippen LogP contribution in [0.4, 0.5) is 34.6 Å². The number of fused-ring (bicyclic) bond motifs is 8. The predicted octanol–water partition coefficient (Wildman–Crippen LogP) is 17.5. The normalized spacial score (nSPS) is 22.9. The number of aryl methyl sites for hydroxylation is 3. The van der Waals surface area contributed by atoms with Crippen molar-refractivity contribution in [3.63, 3.8) is 0 Å². The number of nitriles is 2. The van der Waals surface area contributed by atoms with Crippen molar-refractivity contribution in [2.75, 3.05) is 22.9 Å². The fourth-order valence-corrected chi connectivity index (χ4v) is 20.8. The second-order valence-electron chi connectivity index (χ2n) is 37.4. The number of anilines is 5. The number of nitrogens with zero attached hydrogens (tertiary/aromatic N) is 21. The summed E-state index contributed by atoms with van der Waals surface area (Å²) in [5.74, 6) is 1.70. The molecule has 4 saturated carbocycles. The van der Waals surface area contributed by atoms with E-state index >= 15 is 0 Å².